The van der Waals surface area contributed by atoms with Crippen LogP contribution in [0.3, 0.4) is 0 Å². The highest BCUT2D eigenvalue weighted by Crippen LogP contribution is 2.24. The molecule has 3 heteroatoms. The first-order chi connectivity index (χ1) is 9.16. The molecule has 19 heavy (non-hydrogen) atoms. The van der Waals surface area contributed by atoms with Crippen LogP contribution in [0.2, 0.25) is 0 Å². The summed E-state index contributed by atoms with van der Waals surface area (Å²) in [6.07, 6.45) is 0. The van der Waals surface area contributed by atoms with Crippen LogP contribution in [-0.2, 0) is 11.3 Å². The molecule has 0 aromatic heterocycles. The molecule has 0 fully saturated rings. The summed E-state index contributed by atoms with van der Waals surface area (Å²) < 4.78 is 0. The summed E-state index contributed by atoms with van der Waals surface area (Å²) in [5, 5.41) is 3.05. The summed E-state index contributed by atoms with van der Waals surface area (Å²) in [4.78, 5) is 10.7. The fraction of sp³-hybridized carbons (Fsp3) is 0.188. The van der Waals surface area contributed by atoms with Gasteiger partial charge in [-0.1, -0.05) is 54.1 Å². The quantitative estimate of drug-likeness (QED) is 0.859. The molecule has 0 spiro atoms. The number of carbonyl (C=O) groups excluding carboxylic acids is 1. The Morgan fingerprint density at radius 1 is 1.16 bits per heavy atom. The monoisotopic (exact) mass is 254 g/mol. The summed E-state index contributed by atoms with van der Waals surface area (Å²) in [6.45, 7) is 2.91. The van der Waals surface area contributed by atoms with Gasteiger partial charge in [-0.25, -0.2) is 0 Å². The van der Waals surface area contributed by atoms with Crippen LogP contribution < -0.4 is 11.1 Å². The zero-order valence-electron chi connectivity index (χ0n) is 11.0. The minimum absolute atomic E-state index is 0.197. The number of benzene rings is 2. The van der Waals surface area contributed by atoms with Gasteiger partial charge in [0.25, 0.3) is 0 Å². The van der Waals surface area contributed by atoms with Crippen LogP contribution >= 0.6 is 0 Å². The van der Waals surface area contributed by atoms with Crippen molar-refractivity contribution in [1.29, 1.82) is 0 Å². The van der Waals surface area contributed by atoms with E-state index < -0.39 is 0 Å². The van der Waals surface area contributed by atoms with Crippen molar-refractivity contribution in [2.45, 2.75) is 13.5 Å². The molecule has 2 rings (SSSR count). The van der Waals surface area contributed by atoms with Crippen LogP contribution in [0.1, 0.15) is 11.1 Å². The van der Waals surface area contributed by atoms with Gasteiger partial charge in [0.05, 0.1) is 6.54 Å². The van der Waals surface area contributed by atoms with E-state index in [1.54, 1.807) is 0 Å². The summed E-state index contributed by atoms with van der Waals surface area (Å²) >= 11 is 0. The van der Waals surface area contributed by atoms with Crippen LogP contribution in [0, 0.1) is 6.92 Å². The number of amides is 1. The van der Waals surface area contributed by atoms with Gasteiger partial charge in [0, 0.05) is 6.54 Å². The van der Waals surface area contributed by atoms with Gasteiger partial charge in [-0.3, -0.25) is 4.79 Å². The van der Waals surface area contributed by atoms with E-state index in [0.717, 1.165) is 5.56 Å². The van der Waals surface area contributed by atoms with Gasteiger partial charge in [0.1, 0.15) is 0 Å². The molecular weight excluding hydrogens is 236 g/mol. The molecule has 0 aliphatic carbocycles. The number of hydrogen-bond donors (Lipinski definition) is 2. The van der Waals surface area contributed by atoms with E-state index in [0.29, 0.717) is 6.54 Å². The third-order valence-corrected chi connectivity index (χ3v) is 2.96. The molecule has 3 nitrogen and oxygen atoms in total. The predicted octanol–water partition coefficient (Wildman–Crippen LogP) is 2.24. The topological polar surface area (TPSA) is 55.1 Å². The Kier molecular flexibility index (Phi) is 4.31. The van der Waals surface area contributed by atoms with E-state index >= 15 is 0 Å². The first kappa shape index (κ1) is 13.3. The van der Waals surface area contributed by atoms with E-state index in [2.05, 4.69) is 48.6 Å². The standard InChI is InChI=1S/C16H18N2O/c1-12-5-4-7-13(9-12)15-8-3-2-6-14(15)10-18-11-16(17)19/h2-9,18H,10-11H2,1H3,(H2,17,19). The van der Waals surface area contributed by atoms with E-state index in [1.165, 1.54) is 16.7 Å². The molecule has 0 saturated carbocycles. The van der Waals surface area contributed by atoms with Crippen LogP contribution in [0.15, 0.2) is 48.5 Å². The summed E-state index contributed by atoms with van der Waals surface area (Å²) in [7, 11) is 0. The maximum absolute atomic E-state index is 10.7. The zero-order chi connectivity index (χ0) is 13.7. The molecule has 0 aliphatic rings. The Morgan fingerprint density at radius 3 is 2.68 bits per heavy atom. The molecule has 0 heterocycles. The van der Waals surface area contributed by atoms with Crippen molar-refractivity contribution in [2.24, 2.45) is 5.73 Å². The molecule has 2 aromatic carbocycles. The summed E-state index contributed by atoms with van der Waals surface area (Å²) in [5.74, 6) is -0.340. The second-order valence-corrected chi connectivity index (χ2v) is 4.60. The minimum atomic E-state index is -0.340. The van der Waals surface area contributed by atoms with Crippen molar-refractivity contribution >= 4 is 5.91 Å². The van der Waals surface area contributed by atoms with Gasteiger partial charge in [-0.15, -0.1) is 0 Å². The SMILES string of the molecule is Cc1cccc(-c2ccccc2CNCC(N)=O)c1. The number of nitrogens with one attached hydrogen (secondary N) is 1. The second-order valence-electron chi connectivity index (χ2n) is 4.60. The largest absolute Gasteiger partial charge is 0.369 e. The van der Waals surface area contributed by atoms with Crippen LogP contribution in [0.25, 0.3) is 11.1 Å². The highest BCUT2D eigenvalue weighted by Gasteiger charge is 2.04. The Labute approximate surface area is 113 Å². The number of nitrogens with two attached hydrogens (primary N) is 1. The fourth-order valence-corrected chi connectivity index (χ4v) is 2.09. The molecule has 3 N–H and O–H groups in total. The molecule has 0 aliphatic heterocycles. The van der Waals surface area contributed by atoms with E-state index in [1.807, 2.05) is 12.1 Å². The number of carbonyl (C=O) groups is 1. The lowest BCUT2D eigenvalue weighted by molar-refractivity contribution is -0.117. The lowest BCUT2D eigenvalue weighted by Gasteiger charge is -2.10. The Balaban J connectivity index is 2.23. The highest BCUT2D eigenvalue weighted by molar-refractivity contribution is 5.76. The van der Waals surface area contributed by atoms with Crippen molar-refractivity contribution < 1.29 is 4.79 Å². The molecule has 0 atom stereocenters. The molecule has 1 amide bonds. The lowest BCUT2D eigenvalue weighted by Crippen LogP contribution is -2.28. The average Bonchev–Trinajstić information content (AvgIpc) is 2.39. The summed E-state index contributed by atoms with van der Waals surface area (Å²) in [5.41, 5.74) is 9.89. The first-order valence-electron chi connectivity index (χ1n) is 6.31. The van der Waals surface area contributed by atoms with E-state index in [-0.39, 0.29) is 12.5 Å². The van der Waals surface area contributed by atoms with Crippen LogP contribution in [0.5, 0.6) is 0 Å². The van der Waals surface area contributed by atoms with Crippen molar-refractivity contribution in [2.75, 3.05) is 6.54 Å². The maximum Gasteiger partial charge on any atom is 0.231 e. The van der Waals surface area contributed by atoms with E-state index in [4.69, 9.17) is 5.73 Å². The van der Waals surface area contributed by atoms with Gasteiger partial charge < -0.3 is 11.1 Å². The molecule has 0 bridgehead atoms. The third kappa shape index (κ3) is 3.66. The zero-order valence-corrected chi connectivity index (χ0v) is 11.0. The smallest absolute Gasteiger partial charge is 0.231 e. The molecular formula is C16H18N2O. The Morgan fingerprint density at radius 2 is 1.95 bits per heavy atom. The maximum atomic E-state index is 10.7. The Bertz CT molecular complexity index is 578. The second kappa shape index (κ2) is 6.16. The molecule has 2 aromatic rings. The number of rotatable bonds is 5. The average molecular weight is 254 g/mol. The van der Waals surface area contributed by atoms with Gasteiger partial charge in [-0.2, -0.15) is 0 Å². The van der Waals surface area contributed by atoms with Crippen LogP contribution in [-0.4, -0.2) is 12.5 Å². The molecule has 0 saturated heterocycles. The minimum Gasteiger partial charge on any atom is -0.369 e. The Hall–Kier alpha value is -2.13. The van der Waals surface area contributed by atoms with Gasteiger partial charge in [0.2, 0.25) is 5.91 Å². The lowest BCUT2D eigenvalue weighted by atomic mass is 9.98. The predicted molar refractivity (Wildman–Crippen MR) is 77.5 cm³/mol. The molecule has 0 unspecified atom stereocenters. The van der Waals surface area contributed by atoms with Crippen molar-refractivity contribution in [3.8, 4) is 11.1 Å². The summed E-state index contributed by atoms with van der Waals surface area (Å²) in [6, 6.07) is 16.6. The first-order valence-corrected chi connectivity index (χ1v) is 6.31. The van der Waals surface area contributed by atoms with E-state index in [9.17, 15) is 4.79 Å². The number of hydrogen-bond acceptors (Lipinski definition) is 2. The number of aryl methyl sites for hydroxylation is 1. The van der Waals surface area contributed by atoms with Crippen LogP contribution in [0.4, 0.5) is 0 Å². The molecule has 98 valence electrons. The highest BCUT2D eigenvalue weighted by atomic mass is 16.1. The van der Waals surface area contributed by atoms with Gasteiger partial charge in [-0.05, 0) is 23.6 Å². The third-order valence-electron chi connectivity index (χ3n) is 2.96. The van der Waals surface area contributed by atoms with Crippen molar-refractivity contribution in [1.82, 2.24) is 5.32 Å². The van der Waals surface area contributed by atoms with Gasteiger partial charge >= 0.3 is 0 Å². The fourth-order valence-electron chi connectivity index (χ4n) is 2.09. The normalized spacial score (nSPS) is 10.4. The molecule has 0 radical (unpaired) electrons. The van der Waals surface area contributed by atoms with Crippen molar-refractivity contribution in [3.05, 3.63) is 59.7 Å². The number of primary amides is 1. The van der Waals surface area contributed by atoms with Crippen molar-refractivity contribution in [3.63, 3.8) is 0 Å². The van der Waals surface area contributed by atoms with Gasteiger partial charge in [0.15, 0.2) is 0 Å².